The summed E-state index contributed by atoms with van der Waals surface area (Å²) in [6, 6.07) is 19.8. The second-order valence-corrected chi connectivity index (χ2v) is 10.5. The molecule has 0 saturated carbocycles. The van der Waals surface area contributed by atoms with Gasteiger partial charge >= 0.3 is 8.56 Å². The van der Waals surface area contributed by atoms with Crippen molar-refractivity contribution in [1.82, 2.24) is 4.90 Å². The third kappa shape index (κ3) is 4.99. The first-order valence-electron chi connectivity index (χ1n) is 9.94. The summed E-state index contributed by atoms with van der Waals surface area (Å²) in [7, 11) is 1.13. The highest BCUT2D eigenvalue weighted by molar-refractivity contribution is 6.81. The summed E-state index contributed by atoms with van der Waals surface area (Å²) in [4.78, 5) is 2.46. The minimum Gasteiger partial charge on any atom is -0.394 e. The maximum Gasteiger partial charge on any atom is 0.372 e. The van der Waals surface area contributed by atoms with Crippen molar-refractivity contribution in [1.29, 1.82) is 0 Å². The van der Waals surface area contributed by atoms with Crippen LogP contribution in [-0.2, 0) is 13.6 Å². The van der Waals surface area contributed by atoms with Gasteiger partial charge in [0, 0.05) is 27.3 Å². The first kappa shape index (κ1) is 21.0. The van der Waals surface area contributed by atoms with Crippen LogP contribution < -0.4 is 5.19 Å². The fourth-order valence-electron chi connectivity index (χ4n) is 3.76. The summed E-state index contributed by atoms with van der Waals surface area (Å²) in [6.07, 6.45) is 1.06. The molecule has 2 aromatic rings. The van der Waals surface area contributed by atoms with E-state index in [9.17, 15) is 0 Å². The number of nitrogens with zero attached hydrogens (tertiary/aromatic N) is 1. The maximum absolute atomic E-state index is 6.00. The van der Waals surface area contributed by atoms with Gasteiger partial charge < -0.3 is 13.6 Å². The van der Waals surface area contributed by atoms with Crippen LogP contribution in [0.2, 0.25) is 6.04 Å². The topological polar surface area (TPSA) is 30.9 Å². The van der Waals surface area contributed by atoms with Gasteiger partial charge in [-0.2, -0.15) is 0 Å². The molecular weight excluding hydrogens is 366 g/mol. The van der Waals surface area contributed by atoms with Crippen molar-refractivity contribution >= 4 is 19.3 Å². The molecule has 2 aromatic carbocycles. The van der Waals surface area contributed by atoms with Gasteiger partial charge in [-0.1, -0.05) is 61.2 Å². The Morgan fingerprint density at radius 3 is 2.18 bits per heavy atom. The first-order chi connectivity index (χ1) is 13.7. The van der Waals surface area contributed by atoms with Crippen LogP contribution in [0.15, 0.2) is 61.2 Å². The van der Waals surface area contributed by atoms with Gasteiger partial charge in [0.05, 0.1) is 13.2 Å². The quantitative estimate of drug-likeness (QED) is 0.607. The minimum absolute atomic E-state index is 0.837. The molecule has 5 heteroatoms. The Bertz CT molecular complexity index is 738. The molecule has 0 spiro atoms. The van der Waals surface area contributed by atoms with E-state index < -0.39 is 8.56 Å². The third-order valence-electron chi connectivity index (χ3n) is 5.54. The van der Waals surface area contributed by atoms with Crippen molar-refractivity contribution < 1.29 is 13.6 Å². The molecule has 1 heterocycles. The normalized spacial score (nSPS) is 15.5. The van der Waals surface area contributed by atoms with Gasteiger partial charge in [0.25, 0.3) is 0 Å². The van der Waals surface area contributed by atoms with E-state index >= 15 is 0 Å². The lowest BCUT2D eigenvalue weighted by Crippen LogP contribution is -2.52. The lowest BCUT2D eigenvalue weighted by atomic mass is 10.00. The Morgan fingerprint density at radius 1 is 0.964 bits per heavy atom. The molecular formula is C23H31NO3Si. The fourth-order valence-corrected chi connectivity index (χ4v) is 6.39. The van der Waals surface area contributed by atoms with Crippen LogP contribution in [0.1, 0.15) is 17.5 Å². The zero-order chi connectivity index (χ0) is 19.8. The zero-order valence-electron chi connectivity index (χ0n) is 17.0. The summed E-state index contributed by atoms with van der Waals surface area (Å²) >= 11 is 0. The number of ether oxygens (including phenoxy) is 1. The molecule has 0 radical (unpaired) electrons. The second-order valence-electron chi connectivity index (χ2n) is 7.14. The van der Waals surface area contributed by atoms with Gasteiger partial charge in [0.2, 0.25) is 0 Å². The standard InChI is InChI=1S/C23H31NO3Si/c1-20(21-8-5-4-6-9-21)22-10-12-23(13-11-22)28(25-2,26-3)19-7-14-24-15-17-27-18-16-24/h4-6,8-13H,1,7,14-19H2,2-3H3. The van der Waals surface area contributed by atoms with Crippen LogP contribution in [0.3, 0.4) is 0 Å². The van der Waals surface area contributed by atoms with E-state index in [2.05, 4.69) is 47.9 Å². The smallest absolute Gasteiger partial charge is 0.372 e. The van der Waals surface area contributed by atoms with E-state index in [-0.39, 0.29) is 0 Å². The summed E-state index contributed by atoms with van der Waals surface area (Å²) in [5, 5.41) is 1.17. The van der Waals surface area contributed by atoms with Gasteiger partial charge in [-0.3, -0.25) is 4.90 Å². The first-order valence-corrected chi connectivity index (χ1v) is 12.0. The monoisotopic (exact) mass is 397 g/mol. The second kappa shape index (κ2) is 10.1. The van der Waals surface area contributed by atoms with E-state index in [0.717, 1.165) is 62.0 Å². The highest BCUT2D eigenvalue weighted by Gasteiger charge is 2.37. The number of rotatable bonds is 9. The number of hydrogen-bond donors (Lipinski definition) is 0. The molecule has 1 saturated heterocycles. The predicted molar refractivity (Wildman–Crippen MR) is 117 cm³/mol. The van der Waals surface area contributed by atoms with Gasteiger partial charge in [0.15, 0.2) is 0 Å². The lowest BCUT2D eigenvalue weighted by molar-refractivity contribution is 0.0377. The van der Waals surface area contributed by atoms with Crippen molar-refractivity contribution in [2.45, 2.75) is 12.5 Å². The number of morpholine rings is 1. The molecule has 0 unspecified atom stereocenters. The van der Waals surface area contributed by atoms with Crippen molar-refractivity contribution in [3.05, 3.63) is 72.3 Å². The third-order valence-corrected chi connectivity index (χ3v) is 9.08. The van der Waals surface area contributed by atoms with Crippen molar-refractivity contribution in [2.24, 2.45) is 0 Å². The Morgan fingerprint density at radius 2 is 1.57 bits per heavy atom. The van der Waals surface area contributed by atoms with Gasteiger partial charge in [0.1, 0.15) is 0 Å². The molecule has 4 nitrogen and oxygen atoms in total. The van der Waals surface area contributed by atoms with Crippen molar-refractivity contribution in [2.75, 3.05) is 47.1 Å². The van der Waals surface area contributed by atoms with Crippen LogP contribution in [0, 0.1) is 0 Å². The van der Waals surface area contributed by atoms with Crippen LogP contribution in [0.5, 0.6) is 0 Å². The molecule has 3 rings (SSSR count). The predicted octanol–water partition coefficient (Wildman–Crippen LogP) is 3.41. The zero-order valence-corrected chi connectivity index (χ0v) is 18.0. The molecule has 0 atom stereocenters. The highest BCUT2D eigenvalue weighted by atomic mass is 28.4. The summed E-state index contributed by atoms with van der Waals surface area (Å²) in [5.74, 6) is 0. The largest absolute Gasteiger partial charge is 0.394 e. The van der Waals surface area contributed by atoms with Crippen LogP contribution in [0.4, 0.5) is 0 Å². The molecule has 0 N–H and O–H groups in total. The van der Waals surface area contributed by atoms with E-state index in [1.54, 1.807) is 14.2 Å². The molecule has 0 aliphatic carbocycles. The van der Waals surface area contributed by atoms with Crippen LogP contribution in [0.25, 0.3) is 5.57 Å². The minimum atomic E-state index is -2.43. The Kier molecular flexibility index (Phi) is 7.59. The van der Waals surface area contributed by atoms with E-state index in [1.807, 2.05) is 18.2 Å². The Hall–Kier alpha value is -1.76. The Labute approximate surface area is 170 Å². The van der Waals surface area contributed by atoms with Crippen molar-refractivity contribution in [3.8, 4) is 0 Å². The molecule has 0 bridgehead atoms. The lowest BCUT2D eigenvalue weighted by Gasteiger charge is -2.30. The summed E-state index contributed by atoms with van der Waals surface area (Å²) in [6.45, 7) is 9.04. The average Bonchev–Trinajstić information content (AvgIpc) is 2.78. The maximum atomic E-state index is 6.00. The SMILES string of the molecule is C=C(c1ccccc1)c1ccc([Si](CCCN2CCOCC2)(OC)OC)cc1. The molecule has 1 aliphatic heterocycles. The number of hydrogen-bond acceptors (Lipinski definition) is 4. The summed E-state index contributed by atoms with van der Waals surface area (Å²) < 4.78 is 17.4. The van der Waals surface area contributed by atoms with E-state index in [0.29, 0.717) is 0 Å². The molecule has 0 amide bonds. The van der Waals surface area contributed by atoms with Gasteiger partial charge in [-0.05, 0) is 40.9 Å². The van der Waals surface area contributed by atoms with Crippen LogP contribution >= 0.6 is 0 Å². The van der Waals surface area contributed by atoms with Crippen LogP contribution in [-0.4, -0.2) is 60.5 Å². The van der Waals surface area contributed by atoms with Crippen molar-refractivity contribution in [3.63, 3.8) is 0 Å². The molecule has 28 heavy (non-hydrogen) atoms. The highest BCUT2D eigenvalue weighted by Crippen LogP contribution is 2.22. The molecule has 1 fully saturated rings. The molecule has 0 aromatic heterocycles. The van der Waals surface area contributed by atoms with Gasteiger partial charge in [-0.25, -0.2) is 0 Å². The molecule has 1 aliphatic rings. The van der Waals surface area contributed by atoms with Gasteiger partial charge in [-0.15, -0.1) is 0 Å². The van der Waals surface area contributed by atoms with E-state index in [1.165, 1.54) is 5.19 Å². The summed E-state index contributed by atoms with van der Waals surface area (Å²) in [5.41, 5.74) is 3.29. The Balaban J connectivity index is 1.68. The average molecular weight is 398 g/mol. The molecule has 150 valence electrons. The fraction of sp³-hybridized carbons (Fsp3) is 0.391. The van der Waals surface area contributed by atoms with E-state index in [4.69, 9.17) is 13.6 Å². The number of benzene rings is 2.